The van der Waals surface area contributed by atoms with E-state index in [0.717, 1.165) is 0 Å². The minimum atomic E-state index is -4.24. The van der Waals surface area contributed by atoms with Crippen LogP contribution in [0.25, 0.3) is 11.0 Å². The molecular weight excluding hydrogens is 630 g/mol. The molecule has 2 aromatic carbocycles. The third-order valence-electron chi connectivity index (χ3n) is 8.02. The van der Waals surface area contributed by atoms with E-state index in [1.807, 2.05) is 20.8 Å². The van der Waals surface area contributed by atoms with Gasteiger partial charge in [-0.1, -0.05) is 50.0 Å². The van der Waals surface area contributed by atoms with Crippen molar-refractivity contribution in [3.05, 3.63) is 45.4 Å². The summed E-state index contributed by atoms with van der Waals surface area (Å²) in [5, 5.41) is 18.9. The van der Waals surface area contributed by atoms with E-state index in [0.29, 0.717) is 44.0 Å². The number of hydrogen-bond donors (Lipinski definition) is 3. The van der Waals surface area contributed by atoms with Crippen LogP contribution in [0.1, 0.15) is 62.4 Å². The third kappa shape index (κ3) is 7.76. The molecule has 1 aromatic heterocycles. The number of nitrogens with one attached hydrogen (secondary N) is 3. The van der Waals surface area contributed by atoms with Gasteiger partial charge in [0, 0.05) is 32.1 Å². The molecule has 0 unspecified atom stereocenters. The Hall–Kier alpha value is -3.69. The number of anilines is 3. The van der Waals surface area contributed by atoms with Gasteiger partial charge in [-0.25, -0.2) is 4.98 Å². The van der Waals surface area contributed by atoms with Crippen molar-refractivity contribution in [1.82, 2.24) is 20.2 Å². The maximum atomic E-state index is 13.5. The second-order valence-corrected chi connectivity index (χ2v) is 13.2. The summed E-state index contributed by atoms with van der Waals surface area (Å²) >= 11 is 13.2. The van der Waals surface area contributed by atoms with Gasteiger partial charge in [0.05, 0.1) is 50.0 Å². The molecule has 0 radical (unpaired) electrons. The second kappa shape index (κ2) is 13.3. The van der Waals surface area contributed by atoms with Crippen molar-refractivity contribution >= 4 is 63.4 Å². The number of carbonyl (C=O) groups excluding carboxylic acids is 2. The largest absolute Gasteiger partial charge is 0.391 e. The van der Waals surface area contributed by atoms with Crippen molar-refractivity contribution < 1.29 is 22.8 Å². The smallest absolute Gasteiger partial charge is 0.361 e. The average Bonchev–Trinajstić information content (AvgIpc) is 3.27. The lowest BCUT2D eigenvalue weighted by molar-refractivity contribution is -0.182. The first kappa shape index (κ1) is 34.2. The van der Waals surface area contributed by atoms with Crippen LogP contribution in [0.15, 0.2) is 24.3 Å². The number of imidazole rings is 1. The van der Waals surface area contributed by atoms with Gasteiger partial charge in [-0.2, -0.15) is 18.4 Å². The highest BCUT2D eigenvalue weighted by atomic mass is 35.5. The fourth-order valence-electron chi connectivity index (χ4n) is 5.26. The van der Waals surface area contributed by atoms with Crippen molar-refractivity contribution in [3.63, 3.8) is 0 Å². The van der Waals surface area contributed by atoms with Crippen LogP contribution in [0.5, 0.6) is 0 Å². The Bertz CT molecular complexity index is 1640. The fraction of sp³-hybridized carbons (Fsp3) is 0.484. The van der Waals surface area contributed by atoms with Crippen LogP contribution in [0.4, 0.5) is 30.5 Å². The lowest BCUT2D eigenvalue weighted by Gasteiger charge is -2.30. The molecule has 0 aliphatic heterocycles. The normalized spacial score (nSPS) is 17.1. The molecule has 1 aliphatic carbocycles. The zero-order valence-electron chi connectivity index (χ0n) is 25.7. The summed E-state index contributed by atoms with van der Waals surface area (Å²) < 4.78 is 41.2. The molecule has 0 saturated heterocycles. The predicted molar refractivity (Wildman–Crippen MR) is 170 cm³/mol. The minimum absolute atomic E-state index is 0.00477. The van der Waals surface area contributed by atoms with Gasteiger partial charge in [0.25, 0.3) is 5.91 Å². The molecule has 3 aromatic rings. The van der Waals surface area contributed by atoms with E-state index in [1.165, 1.54) is 0 Å². The topological polar surface area (TPSA) is 115 Å². The maximum Gasteiger partial charge on any atom is 0.391 e. The summed E-state index contributed by atoms with van der Waals surface area (Å²) in [6.07, 6.45) is -3.88. The van der Waals surface area contributed by atoms with Crippen LogP contribution in [0, 0.1) is 22.7 Å². The highest BCUT2D eigenvalue weighted by Crippen LogP contribution is 2.39. The SMILES string of the molecule is CN(CC#N)c1cc2c(cc1C(=O)N[C@H]1CC[C@H](C(F)(F)F)CC1)nc(Nc1c(Cl)ccc(CNC(=O)C(C)(C)C)c1Cl)n2C. The van der Waals surface area contributed by atoms with Crippen molar-refractivity contribution in [2.24, 2.45) is 18.4 Å². The van der Waals surface area contributed by atoms with E-state index in [1.54, 1.807) is 47.8 Å². The summed E-state index contributed by atoms with van der Waals surface area (Å²) in [6.45, 7) is 5.62. The highest BCUT2D eigenvalue weighted by molar-refractivity contribution is 6.39. The minimum Gasteiger partial charge on any atom is -0.361 e. The number of halogens is 5. The van der Waals surface area contributed by atoms with Crippen LogP contribution in [-0.4, -0.2) is 47.2 Å². The number of hydrogen-bond acceptors (Lipinski definition) is 6. The molecule has 9 nitrogen and oxygen atoms in total. The van der Waals surface area contributed by atoms with E-state index in [9.17, 15) is 28.0 Å². The Labute approximate surface area is 270 Å². The predicted octanol–water partition coefficient (Wildman–Crippen LogP) is 7.10. The van der Waals surface area contributed by atoms with Crippen molar-refractivity contribution in [1.29, 1.82) is 5.26 Å². The number of nitrogens with zero attached hydrogens (tertiary/aromatic N) is 4. The first-order valence-electron chi connectivity index (χ1n) is 14.5. The molecule has 4 rings (SSSR count). The van der Waals surface area contributed by atoms with E-state index >= 15 is 0 Å². The third-order valence-corrected chi connectivity index (χ3v) is 8.76. The Balaban J connectivity index is 1.63. The molecule has 3 N–H and O–H groups in total. The van der Waals surface area contributed by atoms with E-state index in [2.05, 4.69) is 27.0 Å². The molecule has 1 aliphatic rings. The summed E-state index contributed by atoms with van der Waals surface area (Å²) in [4.78, 5) is 32.2. The number of amides is 2. The van der Waals surface area contributed by atoms with Gasteiger partial charge in [0.2, 0.25) is 11.9 Å². The molecule has 1 fully saturated rings. The quantitative estimate of drug-likeness (QED) is 0.221. The number of alkyl halides is 3. The summed E-state index contributed by atoms with van der Waals surface area (Å²) in [5.74, 6) is -1.59. The van der Waals surface area contributed by atoms with Gasteiger partial charge >= 0.3 is 6.18 Å². The van der Waals surface area contributed by atoms with E-state index < -0.39 is 29.5 Å². The molecular formula is C31H36Cl2F3N7O2. The number of benzene rings is 2. The number of fused-ring (bicyclic) bond motifs is 1. The molecule has 0 bridgehead atoms. The van der Waals surface area contributed by atoms with Crippen LogP contribution < -0.4 is 20.9 Å². The highest BCUT2D eigenvalue weighted by Gasteiger charge is 2.41. The average molecular weight is 667 g/mol. The van der Waals surface area contributed by atoms with Crippen LogP contribution >= 0.6 is 23.2 Å². The number of aryl methyl sites for hydroxylation is 1. The Morgan fingerprint density at radius 2 is 1.80 bits per heavy atom. The number of carbonyl (C=O) groups is 2. The number of nitriles is 1. The number of rotatable bonds is 8. The Kier molecular flexibility index (Phi) is 10.1. The van der Waals surface area contributed by atoms with Crippen LogP contribution in [0.3, 0.4) is 0 Å². The Morgan fingerprint density at radius 1 is 1.13 bits per heavy atom. The van der Waals surface area contributed by atoms with Crippen molar-refractivity contribution in [2.75, 3.05) is 23.8 Å². The second-order valence-electron chi connectivity index (χ2n) is 12.4. The molecule has 45 heavy (non-hydrogen) atoms. The van der Waals surface area contributed by atoms with Crippen LogP contribution in [-0.2, 0) is 18.4 Å². The molecule has 14 heteroatoms. The summed E-state index contributed by atoms with van der Waals surface area (Å²) in [7, 11) is 3.44. The lowest BCUT2D eigenvalue weighted by atomic mass is 9.85. The zero-order valence-corrected chi connectivity index (χ0v) is 27.2. The van der Waals surface area contributed by atoms with Gasteiger partial charge in [0.15, 0.2) is 0 Å². The van der Waals surface area contributed by atoms with Gasteiger partial charge < -0.3 is 25.4 Å². The number of aromatic nitrogens is 2. The maximum absolute atomic E-state index is 13.5. The molecule has 242 valence electrons. The van der Waals surface area contributed by atoms with Gasteiger partial charge in [-0.15, -0.1) is 0 Å². The summed E-state index contributed by atoms with van der Waals surface area (Å²) in [5.41, 5.74) is 2.26. The molecule has 0 spiro atoms. The molecule has 1 saturated carbocycles. The monoisotopic (exact) mass is 665 g/mol. The molecule has 1 heterocycles. The zero-order chi connectivity index (χ0) is 33.3. The van der Waals surface area contributed by atoms with Crippen molar-refractivity contribution in [2.45, 2.75) is 65.2 Å². The first-order chi connectivity index (χ1) is 21.0. The standard InChI is InChI=1S/C31H36Cl2F3N7O2/c1-30(2,3)28(45)38-16-17-6-11-21(32)26(25(17)33)41-29-40-22-14-20(23(42(4)13-12-37)15-24(22)43(29)5)27(44)39-19-9-7-18(8-10-19)31(34,35)36/h6,11,14-15,18-19H,7-10,13,16H2,1-5H3,(H,38,45)(H,39,44)(H,40,41)/t18-,19-. The molecule has 0 atom stereocenters. The first-order valence-corrected chi connectivity index (χ1v) is 15.2. The van der Waals surface area contributed by atoms with Gasteiger partial charge in [0.1, 0.15) is 6.54 Å². The van der Waals surface area contributed by atoms with E-state index in [-0.39, 0.29) is 50.2 Å². The van der Waals surface area contributed by atoms with E-state index in [4.69, 9.17) is 23.2 Å². The Morgan fingerprint density at radius 3 is 2.40 bits per heavy atom. The van der Waals surface area contributed by atoms with Gasteiger partial charge in [-0.3, -0.25) is 9.59 Å². The van der Waals surface area contributed by atoms with Crippen LogP contribution in [0.2, 0.25) is 10.0 Å². The summed E-state index contributed by atoms with van der Waals surface area (Å²) in [6, 6.07) is 8.41. The van der Waals surface area contributed by atoms with Crippen molar-refractivity contribution in [3.8, 4) is 6.07 Å². The van der Waals surface area contributed by atoms with Gasteiger partial charge in [-0.05, 0) is 49.4 Å². The fourth-order valence-corrected chi connectivity index (χ4v) is 5.79. The molecule has 2 amide bonds. The lowest BCUT2D eigenvalue weighted by Crippen LogP contribution is -2.40.